The quantitative estimate of drug-likeness (QED) is 0.546. The molecular weight excluding hydrogens is 422 g/mol. The van der Waals surface area contributed by atoms with Gasteiger partial charge in [0.05, 0.1) is 11.8 Å². The number of carbonyl (C=O) groups excluding carboxylic acids is 2. The van der Waals surface area contributed by atoms with Gasteiger partial charge in [0.25, 0.3) is 5.91 Å². The highest BCUT2D eigenvalue weighted by atomic mass is 35.5. The first-order chi connectivity index (χ1) is 13.4. The molecule has 9 nitrogen and oxygen atoms in total. The van der Waals surface area contributed by atoms with Crippen LogP contribution in [0.4, 0.5) is 5.13 Å². The molecule has 0 unspecified atom stereocenters. The summed E-state index contributed by atoms with van der Waals surface area (Å²) in [5.41, 5.74) is 2.04. The molecule has 0 aliphatic carbocycles. The molecule has 0 saturated carbocycles. The third-order valence-corrected chi connectivity index (χ3v) is 5.53. The molecule has 2 heterocycles. The van der Waals surface area contributed by atoms with Gasteiger partial charge in [-0.1, -0.05) is 34.7 Å². The number of rotatable bonds is 7. The van der Waals surface area contributed by atoms with Gasteiger partial charge in [-0.05, 0) is 31.2 Å². The largest absolute Gasteiger partial charge is 0.342 e. The van der Waals surface area contributed by atoms with Crippen molar-refractivity contribution in [3.05, 3.63) is 46.2 Å². The molecule has 0 aliphatic rings. The predicted molar refractivity (Wildman–Crippen MR) is 108 cm³/mol. The second-order valence-electron chi connectivity index (χ2n) is 5.68. The van der Waals surface area contributed by atoms with E-state index in [0.717, 1.165) is 0 Å². The van der Waals surface area contributed by atoms with Gasteiger partial charge in [-0.25, -0.2) is 0 Å². The Kier molecular flexibility index (Phi) is 6.60. The van der Waals surface area contributed by atoms with Crippen LogP contribution in [0.3, 0.4) is 0 Å². The summed E-state index contributed by atoms with van der Waals surface area (Å²) in [7, 11) is 1.78. The number of hydrogen-bond donors (Lipinski definition) is 2. The Bertz CT molecular complexity index is 960. The van der Waals surface area contributed by atoms with Crippen molar-refractivity contribution in [2.24, 2.45) is 7.05 Å². The van der Waals surface area contributed by atoms with E-state index in [9.17, 15) is 9.59 Å². The topological polar surface area (TPSA) is 115 Å². The maximum absolute atomic E-state index is 12.3. The van der Waals surface area contributed by atoms with Gasteiger partial charge in [0.2, 0.25) is 11.0 Å². The predicted octanol–water partition coefficient (Wildman–Crippen LogP) is 2.54. The molecule has 2 N–H and O–H groups in total. The number of nitrogens with one attached hydrogen (secondary N) is 2. The van der Waals surface area contributed by atoms with E-state index in [4.69, 9.17) is 11.6 Å². The van der Waals surface area contributed by atoms with Gasteiger partial charge in [-0.3, -0.25) is 14.9 Å². The zero-order valence-electron chi connectivity index (χ0n) is 14.9. The summed E-state index contributed by atoms with van der Waals surface area (Å²) in [4.78, 5) is 24.3. The normalized spacial score (nSPS) is 11.8. The SMILES string of the molecule is C[C@H](NC(=O)c1ccc(Cl)cc1)c1nnc(SCC(=O)Nc2nncs2)n1C. The first kappa shape index (κ1) is 20.2. The number of nitrogens with zero attached hydrogens (tertiary/aromatic N) is 5. The third kappa shape index (κ3) is 5.06. The molecule has 28 heavy (non-hydrogen) atoms. The molecular formula is C16H16ClN7O2S2. The van der Waals surface area contributed by atoms with Crippen LogP contribution in [0.5, 0.6) is 0 Å². The molecule has 12 heteroatoms. The molecule has 0 bridgehead atoms. The maximum Gasteiger partial charge on any atom is 0.251 e. The molecule has 3 rings (SSSR count). The van der Waals surface area contributed by atoms with E-state index in [2.05, 4.69) is 31.0 Å². The summed E-state index contributed by atoms with van der Waals surface area (Å²) in [5.74, 6) is 0.277. The van der Waals surface area contributed by atoms with E-state index in [1.54, 1.807) is 35.9 Å². The Morgan fingerprint density at radius 1 is 1.25 bits per heavy atom. The number of carbonyl (C=O) groups is 2. The molecule has 0 saturated heterocycles. The third-order valence-electron chi connectivity index (χ3n) is 3.65. The van der Waals surface area contributed by atoms with Gasteiger partial charge in [0.15, 0.2) is 11.0 Å². The van der Waals surface area contributed by atoms with Crippen LogP contribution in [0, 0.1) is 0 Å². The summed E-state index contributed by atoms with van der Waals surface area (Å²) in [6, 6.07) is 6.25. The summed E-state index contributed by atoms with van der Waals surface area (Å²) < 4.78 is 1.75. The summed E-state index contributed by atoms with van der Waals surface area (Å²) in [5, 5.41) is 22.8. The van der Waals surface area contributed by atoms with Gasteiger partial charge >= 0.3 is 0 Å². The number of anilines is 1. The zero-order valence-corrected chi connectivity index (χ0v) is 17.3. The van der Waals surface area contributed by atoms with E-state index < -0.39 is 0 Å². The van der Waals surface area contributed by atoms with Crippen molar-refractivity contribution in [3.63, 3.8) is 0 Å². The van der Waals surface area contributed by atoms with Crippen LogP contribution in [-0.2, 0) is 11.8 Å². The van der Waals surface area contributed by atoms with Crippen molar-refractivity contribution in [1.29, 1.82) is 0 Å². The van der Waals surface area contributed by atoms with Crippen LogP contribution < -0.4 is 10.6 Å². The van der Waals surface area contributed by atoms with Crippen LogP contribution in [0.1, 0.15) is 29.1 Å². The summed E-state index contributed by atoms with van der Waals surface area (Å²) >= 11 is 8.33. The molecule has 0 fully saturated rings. The van der Waals surface area contributed by atoms with Crippen LogP contribution in [-0.4, -0.2) is 42.5 Å². The molecule has 146 valence electrons. The fraction of sp³-hybridized carbons (Fsp3) is 0.250. The first-order valence-electron chi connectivity index (χ1n) is 8.08. The second-order valence-corrected chi connectivity index (χ2v) is 7.89. The average molecular weight is 438 g/mol. The number of thioether (sulfide) groups is 1. The van der Waals surface area contributed by atoms with Crippen LogP contribution >= 0.6 is 34.7 Å². The molecule has 0 aliphatic heterocycles. The van der Waals surface area contributed by atoms with E-state index in [0.29, 0.717) is 26.7 Å². The highest BCUT2D eigenvalue weighted by molar-refractivity contribution is 7.99. The van der Waals surface area contributed by atoms with Crippen molar-refractivity contribution in [1.82, 2.24) is 30.3 Å². The number of hydrogen-bond acceptors (Lipinski definition) is 8. The van der Waals surface area contributed by atoms with Crippen molar-refractivity contribution >= 4 is 51.6 Å². The van der Waals surface area contributed by atoms with Crippen molar-refractivity contribution < 1.29 is 9.59 Å². The monoisotopic (exact) mass is 437 g/mol. The lowest BCUT2D eigenvalue weighted by molar-refractivity contribution is -0.113. The standard InChI is InChI=1S/C16H16ClN7O2S2/c1-9(19-14(26)10-3-5-11(17)6-4-10)13-21-23-16(24(13)2)27-7-12(25)20-15-22-18-8-28-15/h3-6,8-9H,7H2,1-2H3,(H,19,26)(H,20,22,25)/t9-/m0/s1. The minimum Gasteiger partial charge on any atom is -0.342 e. The molecule has 1 atom stereocenters. The number of benzene rings is 1. The lowest BCUT2D eigenvalue weighted by Crippen LogP contribution is -2.28. The van der Waals surface area contributed by atoms with Gasteiger partial charge in [-0.2, -0.15) is 0 Å². The van der Waals surface area contributed by atoms with E-state index >= 15 is 0 Å². The van der Waals surface area contributed by atoms with Gasteiger partial charge < -0.3 is 9.88 Å². The molecule has 3 aromatic rings. The molecule has 1 aromatic carbocycles. The Morgan fingerprint density at radius 2 is 2.00 bits per heavy atom. The number of amides is 2. The molecule has 2 aromatic heterocycles. The van der Waals surface area contributed by atoms with Crippen LogP contribution in [0.2, 0.25) is 5.02 Å². The molecule has 2 amide bonds. The van der Waals surface area contributed by atoms with Crippen LogP contribution in [0.15, 0.2) is 34.9 Å². The van der Waals surface area contributed by atoms with E-state index in [1.807, 2.05) is 6.92 Å². The Morgan fingerprint density at radius 3 is 2.68 bits per heavy atom. The zero-order chi connectivity index (χ0) is 20.1. The number of aromatic nitrogens is 5. The minimum atomic E-state index is -0.370. The molecule has 0 radical (unpaired) electrons. The lowest BCUT2D eigenvalue weighted by Gasteiger charge is -2.13. The average Bonchev–Trinajstić information content (AvgIpc) is 3.30. The summed E-state index contributed by atoms with van der Waals surface area (Å²) in [6.07, 6.45) is 0. The van der Waals surface area contributed by atoms with Crippen molar-refractivity contribution in [2.75, 3.05) is 11.1 Å². The fourth-order valence-electron chi connectivity index (χ4n) is 2.29. The van der Waals surface area contributed by atoms with Crippen molar-refractivity contribution in [3.8, 4) is 0 Å². The summed E-state index contributed by atoms with van der Waals surface area (Å²) in [6.45, 7) is 1.81. The maximum atomic E-state index is 12.3. The van der Waals surface area contributed by atoms with Gasteiger partial charge in [-0.15, -0.1) is 20.4 Å². The Balaban J connectivity index is 1.57. The van der Waals surface area contributed by atoms with Gasteiger partial charge in [0.1, 0.15) is 5.51 Å². The van der Waals surface area contributed by atoms with Crippen molar-refractivity contribution in [2.45, 2.75) is 18.1 Å². The Labute approximate surface area is 173 Å². The Hall–Kier alpha value is -2.50. The highest BCUT2D eigenvalue weighted by Gasteiger charge is 2.19. The second kappa shape index (κ2) is 9.13. The highest BCUT2D eigenvalue weighted by Crippen LogP contribution is 2.20. The van der Waals surface area contributed by atoms with Gasteiger partial charge in [0, 0.05) is 17.6 Å². The van der Waals surface area contributed by atoms with E-state index in [-0.39, 0.29) is 23.6 Å². The minimum absolute atomic E-state index is 0.150. The smallest absolute Gasteiger partial charge is 0.251 e. The fourth-order valence-corrected chi connectivity index (χ4v) is 3.59. The van der Waals surface area contributed by atoms with Crippen LogP contribution in [0.25, 0.3) is 0 Å². The molecule has 0 spiro atoms. The van der Waals surface area contributed by atoms with E-state index in [1.165, 1.54) is 28.6 Å². The first-order valence-corrected chi connectivity index (χ1v) is 10.3. The number of halogens is 1. The lowest BCUT2D eigenvalue weighted by atomic mass is 10.2.